The van der Waals surface area contributed by atoms with Gasteiger partial charge in [0.25, 0.3) is 11.8 Å². The lowest BCUT2D eigenvalue weighted by Crippen LogP contribution is -3.08. The quantitative estimate of drug-likeness (QED) is 0.727. The number of hydrogen-bond acceptors (Lipinski definition) is 2. The molecule has 0 bridgehead atoms. The minimum Gasteiger partial charge on any atom is -0.355 e. The summed E-state index contributed by atoms with van der Waals surface area (Å²) in [6.07, 6.45) is 0. The van der Waals surface area contributed by atoms with Crippen molar-refractivity contribution < 1.29 is 18.9 Å². The molecule has 0 aliphatic carbocycles. The summed E-state index contributed by atoms with van der Waals surface area (Å²) in [5.41, 5.74) is 1.64. The van der Waals surface area contributed by atoms with Gasteiger partial charge < -0.3 is 15.5 Å². The molecule has 3 N–H and O–H groups in total. The molecule has 5 nitrogen and oxygen atoms in total. The predicted molar refractivity (Wildman–Crippen MR) is 95.3 cm³/mol. The van der Waals surface area contributed by atoms with Gasteiger partial charge in [-0.15, -0.1) is 0 Å². The van der Waals surface area contributed by atoms with E-state index in [-0.39, 0.29) is 24.0 Å². The molecule has 0 spiro atoms. The Kier molecular flexibility index (Phi) is 6.50. The van der Waals surface area contributed by atoms with Crippen molar-refractivity contribution in [2.75, 3.05) is 26.0 Å². The fourth-order valence-electron chi connectivity index (χ4n) is 2.39. The van der Waals surface area contributed by atoms with Crippen LogP contribution in [0.25, 0.3) is 0 Å². The average molecular weight is 365 g/mol. The highest BCUT2D eigenvalue weighted by molar-refractivity contribution is 6.30. The lowest BCUT2D eigenvalue weighted by molar-refractivity contribution is -0.885. The van der Waals surface area contributed by atoms with E-state index in [2.05, 4.69) is 10.6 Å². The van der Waals surface area contributed by atoms with Gasteiger partial charge in [-0.3, -0.25) is 9.59 Å². The molecule has 0 fully saturated rings. The van der Waals surface area contributed by atoms with E-state index in [1.807, 2.05) is 19.2 Å². The molecular formula is C18H20ClFN3O2+. The van der Waals surface area contributed by atoms with E-state index in [1.165, 1.54) is 18.2 Å². The Bertz CT molecular complexity index is 765. The SMILES string of the molecule is CNC(=O)c1ccc(C[NH+](C)CC(=O)Nc2cc(Cl)ccc2F)cc1. The molecule has 2 rings (SSSR count). The Balaban J connectivity index is 1.91. The van der Waals surface area contributed by atoms with Crippen molar-refractivity contribution in [3.8, 4) is 0 Å². The third kappa shape index (κ3) is 5.55. The number of carbonyl (C=O) groups is 2. The van der Waals surface area contributed by atoms with Crippen LogP contribution in [0.2, 0.25) is 5.02 Å². The minimum absolute atomic E-state index is 0.0697. The third-order valence-corrected chi connectivity index (χ3v) is 3.85. The number of quaternary nitrogens is 1. The second-order valence-corrected chi connectivity index (χ2v) is 6.20. The number of amides is 2. The summed E-state index contributed by atoms with van der Waals surface area (Å²) in [6, 6.07) is 11.2. The van der Waals surface area contributed by atoms with Gasteiger partial charge in [0.2, 0.25) is 0 Å². The lowest BCUT2D eigenvalue weighted by Gasteiger charge is -2.14. The fraction of sp³-hybridized carbons (Fsp3) is 0.222. The molecule has 2 amide bonds. The Morgan fingerprint density at radius 1 is 1.16 bits per heavy atom. The van der Waals surface area contributed by atoms with E-state index in [0.717, 1.165) is 10.5 Å². The van der Waals surface area contributed by atoms with Crippen molar-refractivity contribution in [2.45, 2.75) is 6.54 Å². The second kappa shape index (κ2) is 8.60. The molecule has 0 saturated carbocycles. The molecule has 2 aromatic carbocycles. The van der Waals surface area contributed by atoms with E-state index in [4.69, 9.17) is 11.6 Å². The van der Waals surface area contributed by atoms with Crippen LogP contribution in [0.3, 0.4) is 0 Å². The zero-order valence-corrected chi connectivity index (χ0v) is 14.8. The van der Waals surface area contributed by atoms with Gasteiger partial charge in [-0.2, -0.15) is 0 Å². The topological polar surface area (TPSA) is 62.6 Å². The van der Waals surface area contributed by atoms with E-state index in [1.54, 1.807) is 19.2 Å². The van der Waals surface area contributed by atoms with Crippen LogP contribution in [0.5, 0.6) is 0 Å². The maximum Gasteiger partial charge on any atom is 0.279 e. The zero-order valence-electron chi connectivity index (χ0n) is 14.0. The van der Waals surface area contributed by atoms with Crippen LogP contribution < -0.4 is 15.5 Å². The highest BCUT2D eigenvalue weighted by Gasteiger charge is 2.13. The van der Waals surface area contributed by atoms with Crippen LogP contribution >= 0.6 is 11.6 Å². The molecule has 1 atom stereocenters. The van der Waals surface area contributed by atoms with Gasteiger partial charge in [0, 0.05) is 23.2 Å². The van der Waals surface area contributed by atoms with Crippen LogP contribution in [-0.2, 0) is 11.3 Å². The predicted octanol–water partition coefficient (Wildman–Crippen LogP) is 1.49. The van der Waals surface area contributed by atoms with Crippen LogP contribution in [0.15, 0.2) is 42.5 Å². The Labute approximate surface area is 150 Å². The average Bonchev–Trinajstić information content (AvgIpc) is 2.58. The molecule has 0 aliphatic rings. The van der Waals surface area contributed by atoms with Gasteiger partial charge in [-0.05, 0) is 30.3 Å². The number of benzene rings is 2. The van der Waals surface area contributed by atoms with Gasteiger partial charge in [-0.25, -0.2) is 4.39 Å². The van der Waals surface area contributed by atoms with E-state index < -0.39 is 5.82 Å². The largest absolute Gasteiger partial charge is 0.355 e. The highest BCUT2D eigenvalue weighted by atomic mass is 35.5. The standard InChI is InChI=1S/C18H19ClFN3O2/c1-21-18(25)13-5-3-12(4-6-13)10-23(2)11-17(24)22-16-9-14(19)7-8-15(16)20/h3-9H,10-11H2,1-2H3,(H,21,25)(H,22,24)/p+1. The van der Waals surface area contributed by atoms with Crippen molar-refractivity contribution >= 4 is 29.1 Å². The van der Waals surface area contributed by atoms with E-state index in [0.29, 0.717) is 17.1 Å². The smallest absolute Gasteiger partial charge is 0.279 e. The van der Waals surface area contributed by atoms with Crippen molar-refractivity contribution in [1.29, 1.82) is 0 Å². The van der Waals surface area contributed by atoms with Crippen LogP contribution in [-0.4, -0.2) is 32.5 Å². The summed E-state index contributed by atoms with van der Waals surface area (Å²) in [5.74, 6) is -0.976. The van der Waals surface area contributed by atoms with Gasteiger partial charge in [0.05, 0.1) is 12.7 Å². The van der Waals surface area contributed by atoms with E-state index in [9.17, 15) is 14.0 Å². The first-order valence-corrected chi connectivity index (χ1v) is 8.14. The molecule has 0 aromatic heterocycles. The number of hydrogen-bond donors (Lipinski definition) is 3. The first kappa shape index (κ1) is 18.9. The molecule has 2 aromatic rings. The van der Waals surface area contributed by atoms with Crippen LogP contribution in [0.1, 0.15) is 15.9 Å². The first-order valence-electron chi connectivity index (χ1n) is 7.76. The van der Waals surface area contributed by atoms with Crippen molar-refractivity contribution in [1.82, 2.24) is 5.32 Å². The van der Waals surface area contributed by atoms with Crippen molar-refractivity contribution in [3.05, 3.63) is 64.4 Å². The van der Waals surface area contributed by atoms with Crippen molar-refractivity contribution in [3.63, 3.8) is 0 Å². The number of likely N-dealkylation sites (N-methyl/N-ethyl adjacent to an activating group) is 1. The number of rotatable bonds is 6. The Morgan fingerprint density at radius 2 is 1.84 bits per heavy atom. The fourth-order valence-corrected chi connectivity index (χ4v) is 2.56. The maximum atomic E-state index is 13.6. The normalized spacial score (nSPS) is 11.7. The Morgan fingerprint density at radius 3 is 2.48 bits per heavy atom. The summed E-state index contributed by atoms with van der Waals surface area (Å²) in [7, 11) is 3.44. The molecule has 0 aliphatic heterocycles. The maximum absolute atomic E-state index is 13.6. The number of halogens is 2. The number of anilines is 1. The van der Waals surface area contributed by atoms with Crippen LogP contribution in [0.4, 0.5) is 10.1 Å². The zero-order chi connectivity index (χ0) is 18.4. The van der Waals surface area contributed by atoms with Gasteiger partial charge >= 0.3 is 0 Å². The summed E-state index contributed by atoms with van der Waals surface area (Å²) in [6.45, 7) is 0.766. The van der Waals surface area contributed by atoms with Gasteiger partial charge in [-0.1, -0.05) is 23.7 Å². The van der Waals surface area contributed by atoms with Crippen LogP contribution in [0, 0.1) is 5.82 Å². The molecule has 0 saturated heterocycles. The Hall–Kier alpha value is -2.44. The summed E-state index contributed by atoms with van der Waals surface area (Å²) in [5, 5.41) is 5.44. The number of nitrogens with one attached hydrogen (secondary N) is 3. The molecular weight excluding hydrogens is 345 g/mol. The third-order valence-electron chi connectivity index (χ3n) is 3.61. The highest BCUT2D eigenvalue weighted by Crippen LogP contribution is 2.19. The molecule has 0 radical (unpaired) electrons. The van der Waals surface area contributed by atoms with Gasteiger partial charge in [0.15, 0.2) is 6.54 Å². The molecule has 25 heavy (non-hydrogen) atoms. The lowest BCUT2D eigenvalue weighted by atomic mass is 10.1. The van der Waals surface area contributed by atoms with E-state index >= 15 is 0 Å². The first-order chi connectivity index (χ1) is 11.9. The van der Waals surface area contributed by atoms with Gasteiger partial charge in [0.1, 0.15) is 12.4 Å². The molecule has 7 heteroatoms. The molecule has 1 unspecified atom stereocenters. The minimum atomic E-state index is -0.528. The number of carbonyl (C=O) groups excluding carboxylic acids is 2. The molecule has 0 heterocycles. The summed E-state index contributed by atoms with van der Waals surface area (Å²) >= 11 is 5.81. The van der Waals surface area contributed by atoms with Crippen molar-refractivity contribution in [2.24, 2.45) is 0 Å². The summed E-state index contributed by atoms with van der Waals surface area (Å²) in [4.78, 5) is 24.5. The monoisotopic (exact) mass is 364 g/mol. The molecule has 132 valence electrons. The second-order valence-electron chi connectivity index (χ2n) is 5.76. The summed E-state index contributed by atoms with van der Waals surface area (Å²) < 4.78 is 13.6.